The highest BCUT2D eigenvalue weighted by molar-refractivity contribution is 5.32. The Balaban J connectivity index is 2.85. The SMILES string of the molecule is CCCCCC(C)(C)c1ccc(OC(CC)[C](CC(O)CO)CC(O)CO)cc1. The standard InChI is InChI=1S/C24H41O5/c1-5-7-8-13-24(3,4)19-9-11-22(12-10-19)29-23(6-2)18(14-20(27)16-25)15-21(28)17-26/h9-12,20-21,23,25-28H,5-8,13-17H2,1-4H3. The number of aliphatic hydroxyl groups is 4. The summed E-state index contributed by atoms with van der Waals surface area (Å²) in [5, 5.41) is 38.1. The highest BCUT2D eigenvalue weighted by Gasteiger charge is 2.28. The van der Waals surface area contributed by atoms with Crippen molar-refractivity contribution in [3.8, 4) is 5.75 Å². The molecule has 0 saturated heterocycles. The molecule has 3 atom stereocenters. The van der Waals surface area contributed by atoms with Gasteiger partial charge in [0.25, 0.3) is 0 Å². The van der Waals surface area contributed by atoms with Gasteiger partial charge in [-0.2, -0.15) is 0 Å². The molecular formula is C24H41O5. The van der Waals surface area contributed by atoms with Crippen LogP contribution in [0.15, 0.2) is 24.3 Å². The van der Waals surface area contributed by atoms with Gasteiger partial charge in [-0.05, 0) is 48.8 Å². The third kappa shape index (κ3) is 9.04. The predicted molar refractivity (Wildman–Crippen MR) is 117 cm³/mol. The second-order valence-corrected chi connectivity index (χ2v) is 8.62. The topological polar surface area (TPSA) is 90.2 Å². The molecule has 0 aliphatic rings. The lowest BCUT2D eigenvalue weighted by molar-refractivity contribution is 0.0565. The van der Waals surface area contributed by atoms with Crippen LogP contribution in [0.5, 0.6) is 5.75 Å². The van der Waals surface area contributed by atoms with Gasteiger partial charge in [0, 0.05) is 5.92 Å². The van der Waals surface area contributed by atoms with E-state index in [1.165, 1.54) is 24.8 Å². The Hall–Kier alpha value is -1.14. The molecule has 4 N–H and O–H groups in total. The molecular weight excluding hydrogens is 368 g/mol. The van der Waals surface area contributed by atoms with E-state index < -0.39 is 12.2 Å². The van der Waals surface area contributed by atoms with Gasteiger partial charge >= 0.3 is 0 Å². The molecule has 29 heavy (non-hydrogen) atoms. The second kappa shape index (κ2) is 13.2. The summed E-state index contributed by atoms with van der Waals surface area (Å²) in [6.07, 6.45) is 3.85. The van der Waals surface area contributed by atoms with Crippen LogP contribution < -0.4 is 4.74 Å². The Morgan fingerprint density at radius 2 is 1.48 bits per heavy atom. The van der Waals surface area contributed by atoms with E-state index in [-0.39, 0.29) is 37.6 Å². The first kappa shape index (κ1) is 25.9. The van der Waals surface area contributed by atoms with Gasteiger partial charge < -0.3 is 25.2 Å². The van der Waals surface area contributed by atoms with Gasteiger partial charge in [-0.25, -0.2) is 0 Å². The minimum Gasteiger partial charge on any atom is -0.490 e. The van der Waals surface area contributed by atoms with E-state index in [1.54, 1.807) is 0 Å². The molecule has 0 aliphatic heterocycles. The minimum absolute atomic E-state index is 0.117. The molecule has 5 heteroatoms. The summed E-state index contributed by atoms with van der Waals surface area (Å²) in [7, 11) is 0. The monoisotopic (exact) mass is 409 g/mol. The van der Waals surface area contributed by atoms with Crippen LogP contribution in [0.3, 0.4) is 0 Å². The van der Waals surface area contributed by atoms with Gasteiger partial charge in [0.1, 0.15) is 11.9 Å². The molecule has 0 aromatic heterocycles. The normalized spacial score (nSPS) is 15.3. The molecule has 0 heterocycles. The average Bonchev–Trinajstić information content (AvgIpc) is 2.71. The maximum atomic E-state index is 9.87. The van der Waals surface area contributed by atoms with Crippen molar-refractivity contribution in [3.05, 3.63) is 35.7 Å². The Labute approximate surface area is 176 Å². The Morgan fingerprint density at radius 1 is 0.931 bits per heavy atom. The third-order valence-electron chi connectivity index (χ3n) is 5.56. The van der Waals surface area contributed by atoms with Crippen molar-refractivity contribution in [1.29, 1.82) is 0 Å². The van der Waals surface area contributed by atoms with Gasteiger partial charge in [0.15, 0.2) is 0 Å². The smallest absolute Gasteiger partial charge is 0.119 e. The van der Waals surface area contributed by atoms with Crippen LogP contribution in [0.2, 0.25) is 0 Å². The fourth-order valence-corrected chi connectivity index (χ4v) is 3.65. The summed E-state index contributed by atoms with van der Waals surface area (Å²) in [6.45, 7) is 8.03. The van der Waals surface area contributed by atoms with Crippen molar-refractivity contribution in [3.63, 3.8) is 0 Å². The highest BCUT2D eigenvalue weighted by atomic mass is 16.5. The van der Waals surface area contributed by atoms with Crippen LogP contribution >= 0.6 is 0 Å². The number of benzene rings is 1. The number of hydrogen-bond donors (Lipinski definition) is 4. The summed E-state index contributed by atoms with van der Waals surface area (Å²) in [6, 6.07) is 8.17. The van der Waals surface area contributed by atoms with Crippen molar-refractivity contribution < 1.29 is 25.2 Å². The fraction of sp³-hybridized carbons (Fsp3) is 0.708. The molecule has 1 aromatic rings. The van der Waals surface area contributed by atoms with Crippen molar-refractivity contribution in [2.24, 2.45) is 0 Å². The molecule has 0 amide bonds. The Morgan fingerprint density at radius 3 is 1.93 bits per heavy atom. The van der Waals surface area contributed by atoms with E-state index in [0.29, 0.717) is 6.42 Å². The molecule has 1 aromatic carbocycles. The summed E-state index contributed by atoms with van der Waals surface area (Å²) >= 11 is 0. The maximum absolute atomic E-state index is 9.87. The van der Waals surface area contributed by atoms with Crippen molar-refractivity contribution in [1.82, 2.24) is 0 Å². The molecule has 1 radical (unpaired) electrons. The highest BCUT2D eigenvalue weighted by Crippen LogP contribution is 2.32. The van der Waals surface area contributed by atoms with Crippen LogP contribution in [0.25, 0.3) is 0 Å². The zero-order chi connectivity index (χ0) is 21.9. The zero-order valence-electron chi connectivity index (χ0n) is 18.6. The van der Waals surface area contributed by atoms with E-state index in [4.69, 9.17) is 4.74 Å². The quantitative estimate of drug-likeness (QED) is 0.331. The molecule has 0 saturated carbocycles. The van der Waals surface area contributed by atoms with Gasteiger partial charge in [0.2, 0.25) is 0 Å². The second-order valence-electron chi connectivity index (χ2n) is 8.62. The summed E-state index contributed by atoms with van der Waals surface area (Å²) in [4.78, 5) is 0. The fourth-order valence-electron chi connectivity index (χ4n) is 3.65. The third-order valence-corrected chi connectivity index (χ3v) is 5.56. The lowest BCUT2D eigenvalue weighted by atomic mass is 9.80. The van der Waals surface area contributed by atoms with Crippen molar-refractivity contribution >= 4 is 0 Å². The number of rotatable bonds is 15. The van der Waals surface area contributed by atoms with Crippen molar-refractivity contribution in [2.75, 3.05) is 13.2 Å². The number of hydrogen-bond acceptors (Lipinski definition) is 5. The van der Waals surface area contributed by atoms with E-state index in [1.807, 2.05) is 19.1 Å². The largest absolute Gasteiger partial charge is 0.490 e. The molecule has 0 bridgehead atoms. The first-order chi connectivity index (χ1) is 13.8. The van der Waals surface area contributed by atoms with Crippen LogP contribution in [0.4, 0.5) is 0 Å². The molecule has 167 valence electrons. The van der Waals surface area contributed by atoms with Gasteiger partial charge in [-0.3, -0.25) is 0 Å². The molecule has 5 nitrogen and oxygen atoms in total. The first-order valence-corrected chi connectivity index (χ1v) is 11.0. The maximum Gasteiger partial charge on any atom is 0.119 e. The summed E-state index contributed by atoms with van der Waals surface area (Å²) in [5.74, 6) is 1.53. The van der Waals surface area contributed by atoms with Crippen LogP contribution in [-0.2, 0) is 5.41 Å². The lowest BCUT2D eigenvalue weighted by Crippen LogP contribution is -2.32. The van der Waals surface area contributed by atoms with Crippen molar-refractivity contribution in [2.45, 2.75) is 96.4 Å². The van der Waals surface area contributed by atoms with E-state index in [0.717, 1.165) is 18.1 Å². The number of aliphatic hydroxyl groups excluding tert-OH is 4. The van der Waals surface area contributed by atoms with Crippen LogP contribution in [-0.4, -0.2) is 52.0 Å². The first-order valence-electron chi connectivity index (χ1n) is 11.0. The molecule has 0 spiro atoms. The van der Waals surface area contributed by atoms with Crippen LogP contribution in [0, 0.1) is 5.92 Å². The molecule has 0 aliphatic carbocycles. The zero-order valence-corrected chi connectivity index (χ0v) is 18.6. The predicted octanol–water partition coefficient (Wildman–Crippen LogP) is 3.76. The van der Waals surface area contributed by atoms with Crippen LogP contribution in [0.1, 0.15) is 78.2 Å². The van der Waals surface area contributed by atoms with Gasteiger partial charge in [-0.1, -0.05) is 59.1 Å². The number of ether oxygens (including phenoxy) is 1. The molecule has 0 fully saturated rings. The van der Waals surface area contributed by atoms with E-state index >= 15 is 0 Å². The number of unbranched alkanes of at least 4 members (excludes halogenated alkanes) is 2. The van der Waals surface area contributed by atoms with E-state index in [9.17, 15) is 20.4 Å². The average molecular weight is 410 g/mol. The minimum atomic E-state index is -0.903. The molecule has 3 unspecified atom stereocenters. The Bertz CT molecular complexity index is 531. The summed E-state index contributed by atoms with van der Waals surface area (Å²) < 4.78 is 6.16. The molecule has 1 rings (SSSR count). The summed E-state index contributed by atoms with van der Waals surface area (Å²) in [5.41, 5.74) is 1.40. The van der Waals surface area contributed by atoms with Gasteiger partial charge in [-0.15, -0.1) is 0 Å². The van der Waals surface area contributed by atoms with Gasteiger partial charge in [0.05, 0.1) is 25.4 Å². The lowest BCUT2D eigenvalue weighted by Gasteiger charge is -2.30. The Kier molecular flexibility index (Phi) is 11.8. The van der Waals surface area contributed by atoms with E-state index in [2.05, 4.69) is 32.9 Å².